The van der Waals surface area contributed by atoms with Crippen LogP contribution in [0.1, 0.15) is 12.8 Å². The van der Waals surface area contributed by atoms with E-state index in [1.807, 2.05) is 0 Å². The van der Waals surface area contributed by atoms with Crippen LogP contribution < -0.4 is 28.7 Å². The molecule has 0 spiro atoms. The highest BCUT2D eigenvalue weighted by molar-refractivity contribution is 5.03. The van der Waals surface area contributed by atoms with Crippen LogP contribution in [0.15, 0.2) is 0 Å². The molecule has 18 N–H and O–H groups in total. The van der Waals surface area contributed by atoms with E-state index in [0.717, 1.165) is 0 Å². The van der Waals surface area contributed by atoms with Crippen LogP contribution in [0, 0.1) is 5.92 Å². The molecule has 0 amide bonds. The van der Waals surface area contributed by atoms with Gasteiger partial charge in [0.25, 0.3) is 0 Å². The summed E-state index contributed by atoms with van der Waals surface area (Å²) in [4.78, 5) is 0. The number of rotatable bonds is 11. The predicted molar refractivity (Wildman–Crippen MR) is 140 cm³/mol. The molecule has 2 saturated heterocycles. The topological polar surface area (TPSA) is 338 Å². The summed E-state index contributed by atoms with van der Waals surface area (Å²) in [6.45, 7) is -1.36. The fraction of sp³-hybridized carbons (Fsp3) is 1.00. The van der Waals surface area contributed by atoms with Gasteiger partial charge in [-0.05, 0) is 12.8 Å². The third-order valence-electron chi connectivity index (χ3n) is 8.88. The highest BCUT2D eigenvalue weighted by Crippen LogP contribution is 2.38. The molecule has 4 fully saturated rings. The summed E-state index contributed by atoms with van der Waals surface area (Å²) >= 11 is 0. The van der Waals surface area contributed by atoms with Gasteiger partial charge in [0.1, 0.15) is 48.8 Å². The van der Waals surface area contributed by atoms with Crippen molar-refractivity contribution in [3.63, 3.8) is 0 Å². The van der Waals surface area contributed by atoms with Crippen molar-refractivity contribution >= 4 is 0 Å². The summed E-state index contributed by atoms with van der Waals surface area (Å²) in [6, 6.07) is -3.66. The van der Waals surface area contributed by atoms with Crippen LogP contribution in [0.25, 0.3) is 0 Å². The van der Waals surface area contributed by atoms with Crippen LogP contribution >= 0.6 is 0 Å². The lowest BCUT2D eigenvalue weighted by Crippen LogP contribution is -2.68. The first-order valence-corrected chi connectivity index (χ1v) is 14.1. The zero-order valence-electron chi connectivity index (χ0n) is 23.0. The second-order valence-corrected chi connectivity index (χ2v) is 11.7. The molecule has 42 heavy (non-hydrogen) atoms. The Bertz CT molecular complexity index is 868. The maximum Gasteiger partial charge on any atom is 0.187 e. The van der Waals surface area contributed by atoms with Crippen LogP contribution in [-0.2, 0) is 23.7 Å². The second-order valence-electron chi connectivity index (χ2n) is 11.7. The van der Waals surface area contributed by atoms with E-state index in [2.05, 4.69) is 0 Å². The van der Waals surface area contributed by atoms with Crippen molar-refractivity contribution in [3.8, 4) is 0 Å². The van der Waals surface area contributed by atoms with Gasteiger partial charge in [0.15, 0.2) is 12.6 Å². The molecular weight excluding hydrogens is 566 g/mol. The van der Waals surface area contributed by atoms with Crippen molar-refractivity contribution in [3.05, 3.63) is 0 Å². The Morgan fingerprint density at radius 2 is 1.29 bits per heavy atom. The van der Waals surface area contributed by atoms with Gasteiger partial charge in [0.05, 0.1) is 43.7 Å². The predicted octanol–water partition coefficient (Wildman–Crippen LogP) is -8.20. The van der Waals surface area contributed by atoms with E-state index < -0.39 is 129 Å². The summed E-state index contributed by atoms with van der Waals surface area (Å²) in [5, 5.41) is 82.0. The molecule has 246 valence electrons. The first kappa shape index (κ1) is 34.2. The highest BCUT2D eigenvalue weighted by atomic mass is 16.7. The molecule has 0 radical (unpaired) electrons. The molecule has 19 atom stereocenters. The molecule has 2 heterocycles. The van der Waals surface area contributed by atoms with Gasteiger partial charge in [-0.25, -0.2) is 0 Å². The smallest absolute Gasteiger partial charge is 0.187 e. The molecule has 4 rings (SSSR count). The Labute approximate surface area is 242 Å². The minimum Gasteiger partial charge on any atom is -0.394 e. The first-order valence-electron chi connectivity index (χ1n) is 14.1. The van der Waals surface area contributed by atoms with Crippen LogP contribution in [0.4, 0.5) is 0 Å². The maximum absolute atomic E-state index is 11.1. The van der Waals surface area contributed by atoms with E-state index in [4.69, 9.17) is 52.4 Å². The summed E-state index contributed by atoms with van der Waals surface area (Å²) < 4.78 is 29.1. The van der Waals surface area contributed by atoms with Gasteiger partial charge < -0.3 is 93.2 Å². The first-order chi connectivity index (χ1) is 19.8. The number of hydrogen-bond acceptors (Lipinski definition) is 18. The molecular formula is C24H47N5O13. The van der Waals surface area contributed by atoms with Gasteiger partial charge >= 0.3 is 0 Å². The normalized spacial score (nSPS) is 51.2. The van der Waals surface area contributed by atoms with Gasteiger partial charge in [-0.3, -0.25) is 0 Å². The zero-order valence-corrected chi connectivity index (χ0v) is 23.0. The van der Waals surface area contributed by atoms with Crippen molar-refractivity contribution < 1.29 is 64.5 Å². The van der Waals surface area contributed by atoms with Crippen molar-refractivity contribution in [2.45, 2.75) is 123 Å². The molecule has 2 aliphatic carbocycles. The van der Waals surface area contributed by atoms with E-state index in [0.29, 0.717) is 0 Å². The van der Waals surface area contributed by atoms with Crippen molar-refractivity contribution in [1.29, 1.82) is 0 Å². The SMILES string of the molecule is NCC(O)[C@@H](O)C1C[C@H](OC2C(O)[C@H](OC3C(O)[C@H](N)CC(N)[C@H]3O[C@H]3OC(CO)[C@@H](O)C(O)C3N)O[C@@H]2CO)C1N. The van der Waals surface area contributed by atoms with Gasteiger partial charge in [-0.2, -0.15) is 0 Å². The number of ether oxygens (including phenoxy) is 5. The lowest BCUT2D eigenvalue weighted by Gasteiger charge is -2.47. The Balaban J connectivity index is 1.44. The minimum atomic E-state index is -1.51. The Kier molecular flexibility index (Phi) is 11.5. The third-order valence-corrected chi connectivity index (χ3v) is 8.88. The summed E-state index contributed by atoms with van der Waals surface area (Å²) in [7, 11) is 0. The largest absolute Gasteiger partial charge is 0.394 e. The zero-order chi connectivity index (χ0) is 31.0. The van der Waals surface area contributed by atoms with Crippen LogP contribution in [0.5, 0.6) is 0 Å². The van der Waals surface area contributed by atoms with Crippen molar-refractivity contribution in [1.82, 2.24) is 0 Å². The van der Waals surface area contributed by atoms with Crippen molar-refractivity contribution in [2.75, 3.05) is 19.8 Å². The average molecular weight is 614 g/mol. The van der Waals surface area contributed by atoms with E-state index in [-0.39, 0.29) is 19.4 Å². The average Bonchev–Trinajstić information content (AvgIpc) is 3.27. The number of hydrogen-bond donors (Lipinski definition) is 13. The molecule has 0 bridgehead atoms. The molecule has 2 aliphatic heterocycles. The van der Waals surface area contributed by atoms with Gasteiger partial charge in [0, 0.05) is 30.6 Å². The molecule has 4 aliphatic rings. The number of aliphatic hydroxyl groups excluding tert-OH is 8. The minimum absolute atomic E-state index is 0.0901. The Morgan fingerprint density at radius 3 is 1.88 bits per heavy atom. The maximum atomic E-state index is 11.1. The molecule has 11 unspecified atom stereocenters. The molecule has 0 aromatic carbocycles. The third kappa shape index (κ3) is 6.62. The van der Waals surface area contributed by atoms with Crippen LogP contribution in [-0.4, -0.2) is 171 Å². The highest BCUT2D eigenvalue weighted by Gasteiger charge is 2.54. The van der Waals surface area contributed by atoms with Gasteiger partial charge in [-0.1, -0.05) is 0 Å². The summed E-state index contributed by atoms with van der Waals surface area (Å²) in [5.74, 6) is -0.496. The van der Waals surface area contributed by atoms with Crippen molar-refractivity contribution in [2.24, 2.45) is 34.6 Å². The molecule has 0 aromatic rings. The van der Waals surface area contributed by atoms with Crippen LogP contribution in [0.3, 0.4) is 0 Å². The van der Waals surface area contributed by atoms with E-state index in [1.165, 1.54) is 0 Å². The molecule has 18 nitrogen and oxygen atoms in total. The molecule has 18 heteroatoms. The fourth-order valence-corrected chi connectivity index (χ4v) is 6.08. The number of aliphatic hydroxyl groups is 8. The monoisotopic (exact) mass is 613 g/mol. The standard InChI is InChI=1S/C24H47N5O13/c25-3-9(32)15(33)6-1-10(13(6)28)38-21-12(5-31)40-24(19(21)37)42-22-16(34)7(26)2-8(27)20(22)41-23-14(29)18(36)17(35)11(4-30)39-23/h6-24,30-37H,1-5,25-29H2/t6?,7-,8?,9?,10+,11?,12-,13?,14?,15+,16?,17-,18?,19?,20-,21?,22?,23-,24+/m1/s1. The molecule has 2 saturated carbocycles. The van der Waals surface area contributed by atoms with Gasteiger partial charge in [-0.15, -0.1) is 0 Å². The van der Waals surface area contributed by atoms with Gasteiger partial charge in [0.2, 0.25) is 0 Å². The Morgan fingerprint density at radius 1 is 0.667 bits per heavy atom. The lowest BCUT2D eigenvalue weighted by molar-refractivity contribution is -0.310. The fourth-order valence-electron chi connectivity index (χ4n) is 6.08. The Hall–Kier alpha value is -0.720. The summed E-state index contributed by atoms with van der Waals surface area (Å²) in [6.07, 6.45) is -17.2. The number of nitrogens with two attached hydrogens (primary N) is 5. The lowest BCUT2D eigenvalue weighted by atomic mass is 9.72. The quantitative estimate of drug-likeness (QED) is 0.103. The van der Waals surface area contributed by atoms with E-state index in [9.17, 15) is 40.9 Å². The summed E-state index contributed by atoms with van der Waals surface area (Å²) in [5.41, 5.74) is 29.9. The van der Waals surface area contributed by atoms with Crippen LogP contribution in [0.2, 0.25) is 0 Å². The molecule has 0 aromatic heterocycles. The van der Waals surface area contributed by atoms with E-state index >= 15 is 0 Å². The van der Waals surface area contributed by atoms with E-state index in [1.54, 1.807) is 0 Å². The second kappa shape index (κ2) is 14.1.